The number of rotatable bonds is 3. The van der Waals surface area contributed by atoms with Crippen molar-refractivity contribution in [1.82, 2.24) is 20.0 Å². The molecule has 0 radical (unpaired) electrons. The lowest BCUT2D eigenvalue weighted by Crippen LogP contribution is -2.36. The van der Waals surface area contributed by atoms with Crippen LogP contribution in [0.3, 0.4) is 0 Å². The van der Waals surface area contributed by atoms with Crippen LogP contribution in [0.1, 0.15) is 5.69 Å². The standard InChI is InChI=1S/C11H13N5S/c1-3-4-13-10(12-2)14-7-9-8-16-5-6-17-11(16)15-9/h1,5-6,8H,4,7H2,2H3,(H2,12,13,14). The third-order valence-corrected chi connectivity index (χ3v) is 2.93. The number of aliphatic imine (C=N–C) groups is 1. The van der Waals surface area contributed by atoms with Crippen LogP contribution in [-0.2, 0) is 6.54 Å². The zero-order valence-corrected chi connectivity index (χ0v) is 10.3. The molecular formula is C11H13N5S. The molecular weight excluding hydrogens is 234 g/mol. The van der Waals surface area contributed by atoms with Crippen molar-refractivity contribution >= 4 is 22.3 Å². The van der Waals surface area contributed by atoms with E-state index >= 15 is 0 Å². The Morgan fingerprint density at radius 2 is 2.53 bits per heavy atom. The molecule has 0 fully saturated rings. The van der Waals surface area contributed by atoms with E-state index in [0.29, 0.717) is 19.0 Å². The topological polar surface area (TPSA) is 53.7 Å². The number of hydrogen-bond donors (Lipinski definition) is 2. The zero-order chi connectivity index (χ0) is 12.1. The molecule has 0 amide bonds. The first kappa shape index (κ1) is 11.5. The third kappa shape index (κ3) is 2.77. The number of nitrogens with zero attached hydrogens (tertiary/aromatic N) is 3. The molecule has 0 aliphatic carbocycles. The molecule has 2 N–H and O–H groups in total. The summed E-state index contributed by atoms with van der Waals surface area (Å²) in [6.45, 7) is 1.08. The second kappa shape index (κ2) is 5.37. The largest absolute Gasteiger partial charge is 0.351 e. The van der Waals surface area contributed by atoms with Crippen molar-refractivity contribution in [2.24, 2.45) is 4.99 Å². The molecule has 0 aliphatic rings. The van der Waals surface area contributed by atoms with Crippen molar-refractivity contribution < 1.29 is 0 Å². The lowest BCUT2D eigenvalue weighted by molar-refractivity contribution is 0.833. The zero-order valence-electron chi connectivity index (χ0n) is 9.47. The molecule has 0 atom stereocenters. The minimum Gasteiger partial charge on any atom is -0.351 e. The fourth-order valence-corrected chi connectivity index (χ4v) is 2.11. The van der Waals surface area contributed by atoms with Gasteiger partial charge >= 0.3 is 0 Å². The minimum absolute atomic E-state index is 0.456. The van der Waals surface area contributed by atoms with E-state index in [-0.39, 0.29) is 0 Å². The molecule has 2 aromatic rings. The van der Waals surface area contributed by atoms with Gasteiger partial charge in [-0.25, -0.2) is 4.98 Å². The summed E-state index contributed by atoms with van der Waals surface area (Å²) in [5, 5.41) is 8.14. The molecule has 0 spiro atoms. The molecule has 6 heteroatoms. The maximum atomic E-state index is 5.17. The number of nitrogens with one attached hydrogen (secondary N) is 2. The summed E-state index contributed by atoms with van der Waals surface area (Å²) in [7, 11) is 1.71. The Kier molecular flexibility index (Phi) is 3.62. The smallest absolute Gasteiger partial charge is 0.193 e. The molecule has 2 aromatic heterocycles. The summed E-state index contributed by atoms with van der Waals surface area (Å²) in [6.07, 6.45) is 9.15. The van der Waals surface area contributed by atoms with Gasteiger partial charge in [-0.1, -0.05) is 5.92 Å². The lowest BCUT2D eigenvalue weighted by Gasteiger charge is -2.07. The van der Waals surface area contributed by atoms with E-state index in [9.17, 15) is 0 Å². The minimum atomic E-state index is 0.456. The first-order valence-electron chi connectivity index (χ1n) is 5.12. The van der Waals surface area contributed by atoms with Gasteiger partial charge in [-0.15, -0.1) is 17.8 Å². The maximum Gasteiger partial charge on any atom is 0.193 e. The summed E-state index contributed by atoms with van der Waals surface area (Å²) in [6, 6.07) is 0. The molecule has 2 heterocycles. The maximum absolute atomic E-state index is 5.17. The molecule has 2 rings (SSSR count). The summed E-state index contributed by atoms with van der Waals surface area (Å²) in [5.74, 6) is 3.18. The number of fused-ring (bicyclic) bond motifs is 1. The summed E-state index contributed by atoms with van der Waals surface area (Å²) in [4.78, 5) is 9.50. The van der Waals surface area contributed by atoms with Crippen molar-refractivity contribution in [2.45, 2.75) is 6.54 Å². The Morgan fingerprint density at radius 3 is 3.24 bits per heavy atom. The van der Waals surface area contributed by atoms with E-state index in [2.05, 4.69) is 26.5 Å². The van der Waals surface area contributed by atoms with Gasteiger partial charge in [0.15, 0.2) is 10.9 Å². The second-order valence-electron chi connectivity index (χ2n) is 3.31. The molecule has 17 heavy (non-hydrogen) atoms. The van der Waals surface area contributed by atoms with Crippen LogP contribution in [0.2, 0.25) is 0 Å². The molecule has 0 aliphatic heterocycles. The van der Waals surface area contributed by atoms with Crippen molar-refractivity contribution in [3.05, 3.63) is 23.5 Å². The highest BCUT2D eigenvalue weighted by molar-refractivity contribution is 7.15. The fraction of sp³-hybridized carbons (Fsp3) is 0.273. The highest BCUT2D eigenvalue weighted by Gasteiger charge is 2.03. The van der Waals surface area contributed by atoms with Crippen LogP contribution in [0.5, 0.6) is 0 Å². The van der Waals surface area contributed by atoms with Gasteiger partial charge in [-0.05, 0) is 0 Å². The van der Waals surface area contributed by atoms with E-state index in [0.717, 1.165) is 10.7 Å². The first-order valence-corrected chi connectivity index (χ1v) is 6.00. The molecule has 0 saturated heterocycles. The fourth-order valence-electron chi connectivity index (χ4n) is 1.39. The van der Waals surface area contributed by atoms with Crippen molar-refractivity contribution in [3.63, 3.8) is 0 Å². The van der Waals surface area contributed by atoms with Crippen molar-refractivity contribution in [1.29, 1.82) is 0 Å². The molecule has 5 nitrogen and oxygen atoms in total. The monoisotopic (exact) mass is 247 g/mol. The Bertz CT molecular complexity index is 531. The van der Waals surface area contributed by atoms with Crippen LogP contribution >= 0.6 is 11.3 Å². The van der Waals surface area contributed by atoms with Crippen LogP contribution in [0.15, 0.2) is 22.8 Å². The van der Waals surface area contributed by atoms with Crippen LogP contribution in [0.25, 0.3) is 4.96 Å². The average Bonchev–Trinajstić information content (AvgIpc) is 2.89. The van der Waals surface area contributed by atoms with E-state index in [1.807, 2.05) is 22.2 Å². The van der Waals surface area contributed by atoms with Gasteiger partial charge in [0.1, 0.15) is 0 Å². The van der Waals surface area contributed by atoms with Crippen LogP contribution in [0.4, 0.5) is 0 Å². The number of aromatic nitrogens is 2. The van der Waals surface area contributed by atoms with Crippen molar-refractivity contribution in [2.75, 3.05) is 13.6 Å². The Labute approximate surface area is 104 Å². The van der Waals surface area contributed by atoms with E-state index in [4.69, 9.17) is 6.42 Å². The van der Waals surface area contributed by atoms with E-state index in [1.54, 1.807) is 18.4 Å². The van der Waals surface area contributed by atoms with Crippen LogP contribution in [0, 0.1) is 12.3 Å². The van der Waals surface area contributed by atoms with Gasteiger partial charge in [0.2, 0.25) is 0 Å². The van der Waals surface area contributed by atoms with Gasteiger partial charge < -0.3 is 10.6 Å². The van der Waals surface area contributed by atoms with Gasteiger partial charge in [-0.3, -0.25) is 9.39 Å². The molecule has 0 saturated carbocycles. The van der Waals surface area contributed by atoms with Gasteiger partial charge in [-0.2, -0.15) is 0 Å². The number of guanidine groups is 1. The van der Waals surface area contributed by atoms with E-state index in [1.165, 1.54) is 0 Å². The van der Waals surface area contributed by atoms with Crippen molar-refractivity contribution in [3.8, 4) is 12.3 Å². The number of hydrogen-bond acceptors (Lipinski definition) is 3. The lowest BCUT2D eigenvalue weighted by atomic mass is 10.5. The predicted octanol–water partition coefficient (Wildman–Crippen LogP) is 0.694. The second-order valence-corrected chi connectivity index (χ2v) is 4.18. The SMILES string of the molecule is C#CCNC(=NC)NCc1cn2ccsc2n1. The summed E-state index contributed by atoms with van der Waals surface area (Å²) < 4.78 is 2.00. The number of terminal acetylenes is 1. The third-order valence-electron chi connectivity index (χ3n) is 2.16. The van der Waals surface area contributed by atoms with E-state index < -0.39 is 0 Å². The molecule has 88 valence electrons. The average molecular weight is 247 g/mol. The Hall–Kier alpha value is -2.00. The Balaban J connectivity index is 1.93. The van der Waals surface area contributed by atoms with Crippen LogP contribution < -0.4 is 10.6 Å². The highest BCUT2D eigenvalue weighted by atomic mass is 32.1. The summed E-state index contributed by atoms with van der Waals surface area (Å²) in [5.41, 5.74) is 0.973. The highest BCUT2D eigenvalue weighted by Crippen LogP contribution is 2.10. The van der Waals surface area contributed by atoms with Gasteiger partial charge in [0.05, 0.1) is 18.8 Å². The molecule has 0 aromatic carbocycles. The van der Waals surface area contributed by atoms with Gasteiger partial charge in [0, 0.05) is 24.8 Å². The summed E-state index contributed by atoms with van der Waals surface area (Å²) >= 11 is 1.61. The Morgan fingerprint density at radius 1 is 1.65 bits per heavy atom. The molecule has 0 bridgehead atoms. The first-order chi connectivity index (χ1) is 8.33. The number of imidazole rings is 1. The normalized spacial score (nSPS) is 11.4. The predicted molar refractivity (Wildman–Crippen MR) is 70.1 cm³/mol. The molecule has 0 unspecified atom stereocenters. The van der Waals surface area contributed by atoms with Crippen LogP contribution in [-0.4, -0.2) is 28.9 Å². The van der Waals surface area contributed by atoms with Gasteiger partial charge in [0.25, 0.3) is 0 Å². The number of thiazole rings is 1. The quantitative estimate of drug-likeness (QED) is 0.477.